The lowest BCUT2D eigenvalue weighted by atomic mass is 10.0. The van der Waals surface area contributed by atoms with Gasteiger partial charge in [0.25, 0.3) is 5.91 Å². The molecule has 1 aliphatic heterocycles. The lowest BCUT2D eigenvalue weighted by Gasteiger charge is -2.23. The van der Waals surface area contributed by atoms with E-state index >= 15 is 0 Å². The minimum atomic E-state index is -0.390. The van der Waals surface area contributed by atoms with Gasteiger partial charge in [-0.05, 0) is 73.4 Å². The molecule has 3 N–H and O–H groups in total. The van der Waals surface area contributed by atoms with Gasteiger partial charge in [0.15, 0.2) is 0 Å². The summed E-state index contributed by atoms with van der Waals surface area (Å²) >= 11 is 0. The number of rotatable bonds is 7. The maximum atomic E-state index is 12.8. The van der Waals surface area contributed by atoms with Gasteiger partial charge in [0, 0.05) is 42.0 Å². The Morgan fingerprint density at radius 1 is 1.03 bits per heavy atom. The van der Waals surface area contributed by atoms with Gasteiger partial charge in [-0.25, -0.2) is 4.79 Å². The molecule has 3 aromatic carbocycles. The van der Waals surface area contributed by atoms with Crippen LogP contribution in [0.25, 0.3) is 0 Å². The zero-order chi connectivity index (χ0) is 27.1. The van der Waals surface area contributed by atoms with Crippen molar-refractivity contribution in [2.75, 3.05) is 31.6 Å². The molecule has 0 radical (unpaired) electrons. The molecule has 0 spiro atoms. The molecular formula is C31H32N4O3. The van der Waals surface area contributed by atoms with E-state index in [2.05, 4.69) is 16.7 Å². The van der Waals surface area contributed by atoms with Crippen LogP contribution in [-0.4, -0.2) is 49.4 Å². The fraction of sp³-hybridized carbons (Fsp3) is 0.258. The highest BCUT2D eigenvalue weighted by Gasteiger charge is 2.20. The summed E-state index contributed by atoms with van der Waals surface area (Å²) in [7, 11) is 1.36. The molecule has 1 saturated heterocycles. The molecule has 0 aliphatic carbocycles. The van der Waals surface area contributed by atoms with Gasteiger partial charge in [-0.2, -0.15) is 0 Å². The van der Waals surface area contributed by atoms with Gasteiger partial charge in [0.1, 0.15) is 5.84 Å². The maximum absolute atomic E-state index is 12.8. The predicted molar refractivity (Wildman–Crippen MR) is 149 cm³/mol. The van der Waals surface area contributed by atoms with Crippen LogP contribution in [0.1, 0.15) is 55.8 Å². The van der Waals surface area contributed by atoms with Gasteiger partial charge >= 0.3 is 5.97 Å². The molecule has 0 unspecified atom stereocenters. The highest BCUT2D eigenvalue weighted by atomic mass is 16.5. The van der Waals surface area contributed by atoms with E-state index in [4.69, 9.17) is 15.9 Å². The molecule has 3 aromatic rings. The van der Waals surface area contributed by atoms with E-state index in [1.165, 1.54) is 7.11 Å². The molecular weight excluding hydrogens is 476 g/mol. The molecule has 38 heavy (non-hydrogen) atoms. The molecule has 4 rings (SSSR count). The van der Waals surface area contributed by atoms with Gasteiger partial charge in [-0.15, -0.1) is 0 Å². The Bertz CT molecular complexity index is 1410. The van der Waals surface area contributed by atoms with E-state index in [9.17, 15) is 9.59 Å². The molecule has 0 atom stereocenters. The summed E-state index contributed by atoms with van der Waals surface area (Å²) in [6, 6.07) is 20.5. The average molecular weight is 509 g/mol. The van der Waals surface area contributed by atoms with Crippen molar-refractivity contribution < 1.29 is 14.3 Å². The lowest BCUT2D eigenvalue weighted by molar-refractivity contribution is 0.0600. The maximum Gasteiger partial charge on any atom is 0.337 e. The van der Waals surface area contributed by atoms with Gasteiger partial charge in [-0.3, -0.25) is 10.2 Å². The van der Waals surface area contributed by atoms with Crippen molar-refractivity contribution in [2.24, 2.45) is 5.73 Å². The van der Waals surface area contributed by atoms with Crippen LogP contribution in [-0.2, 0) is 11.3 Å². The first-order valence-electron chi connectivity index (χ1n) is 12.6. The van der Waals surface area contributed by atoms with Crippen molar-refractivity contribution in [3.05, 3.63) is 100 Å². The number of amides is 1. The number of likely N-dealkylation sites (tertiary alicyclic amines) is 1. The molecule has 0 bridgehead atoms. The van der Waals surface area contributed by atoms with Crippen molar-refractivity contribution in [3.63, 3.8) is 0 Å². The number of amidine groups is 1. The van der Waals surface area contributed by atoms with Crippen LogP contribution >= 0.6 is 0 Å². The van der Waals surface area contributed by atoms with Crippen molar-refractivity contribution in [2.45, 2.75) is 26.3 Å². The number of methoxy groups -OCH3 is 1. The molecule has 1 aliphatic rings. The minimum Gasteiger partial charge on any atom is -0.465 e. The second-order valence-electron chi connectivity index (χ2n) is 9.34. The number of ether oxygens (including phenoxy) is 1. The number of carbonyl (C=O) groups is 2. The highest BCUT2D eigenvalue weighted by Crippen LogP contribution is 2.20. The summed E-state index contributed by atoms with van der Waals surface area (Å²) in [5.41, 5.74) is 11.1. The number of benzene rings is 3. The summed E-state index contributed by atoms with van der Waals surface area (Å²) in [4.78, 5) is 28.8. The third-order valence-corrected chi connectivity index (χ3v) is 6.60. The normalized spacial score (nSPS) is 12.4. The number of nitrogens with zero attached hydrogens (tertiary/aromatic N) is 2. The van der Waals surface area contributed by atoms with E-state index in [1.54, 1.807) is 18.2 Å². The van der Waals surface area contributed by atoms with Crippen LogP contribution in [0.3, 0.4) is 0 Å². The largest absolute Gasteiger partial charge is 0.465 e. The van der Waals surface area contributed by atoms with Crippen LogP contribution in [0.4, 0.5) is 5.69 Å². The number of nitrogen functional groups attached to an aromatic ring is 1. The number of hydrogen-bond donors (Lipinski definition) is 2. The third kappa shape index (κ3) is 6.40. The van der Waals surface area contributed by atoms with E-state index < -0.39 is 5.97 Å². The second-order valence-corrected chi connectivity index (χ2v) is 9.34. The molecule has 1 heterocycles. The summed E-state index contributed by atoms with van der Waals surface area (Å²) in [5.74, 6) is 6.17. The predicted octanol–water partition coefficient (Wildman–Crippen LogP) is 4.36. The Labute approximate surface area is 223 Å². The Morgan fingerprint density at radius 2 is 1.76 bits per heavy atom. The molecule has 7 heteroatoms. The first-order valence-corrected chi connectivity index (χ1v) is 12.6. The zero-order valence-electron chi connectivity index (χ0n) is 21.8. The fourth-order valence-corrected chi connectivity index (χ4v) is 4.55. The molecule has 0 aromatic heterocycles. The summed E-state index contributed by atoms with van der Waals surface area (Å²) < 4.78 is 4.86. The number of hydrogen-bond acceptors (Lipinski definition) is 5. The van der Waals surface area contributed by atoms with Gasteiger partial charge in [0.05, 0.1) is 19.2 Å². The second kappa shape index (κ2) is 12.1. The van der Waals surface area contributed by atoms with Crippen molar-refractivity contribution in [1.82, 2.24) is 4.90 Å². The zero-order valence-corrected chi connectivity index (χ0v) is 21.8. The monoisotopic (exact) mass is 508 g/mol. The van der Waals surface area contributed by atoms with Crippen LogP contribution in [0.2, 0.25) is 0 Å². The van der Waals surface area contributed by atoms with Gasteiger partial charge in [-0.1, -0.05) is 36.1 Å². The molecule has 1 fully saturated rings. The first kappa shape index (κ1) is 26.5. The van der Waals surface area contributed by atoms with Crippen molar-refractivity contribution >= 4 is 23.4 Å². The number of esters is 1. The topological polar surface area (TPSA) is 99.7 Å². The smallest absolute Gasteiger partial charge is 0.337 e. The van der Waals surface area contributed by atoms with Gasteiger partial charge < -0.3 is 20.3 Å². The quantitative estimate of drug-likeness (QED) is 0.214. The van der Waals surface area contributed by atoms with E-state index in [0.29, 0.717) is 24.2 Å². The SMILES string of the molecule is COC(=O)c1cccc(CN(CC#Cc2ccc(C(=O)N3CCCC3)c(C)c2)c2cccc(C(=N)N)c2)c1. The summed E-state index contributed by atoms with van der Waals surface area (Å²) in [5, 5.41) is 7.82. The number of nitrogens with two attached hydrogens (primary N) is 1. The van der Waals surface area contributed by atoms with E-state index in [-0.39, 0.29) is 11.7 Å². The highest BCUT2D eigenvalue weighted by molar-refractivity contribution is 5.96. The summed E-state index contributed by atoms with van der Waals surface area (Å²) in [6.07, 6.45) is 2.13. The van der Waals surface area contributed by atoms with Crippen LogP contribution in [0.15, 0.2) is 66.7 Å². The fourth-order valence-electron chi connectivity index (χ4n) is 4.55. The Kier molecular flexibility index (Phi) is 8.44. The molecule has 1 amide bonds. The van der Waals surface area contributed by atoms with Crippen LogP contribution < -0.4 is 10.6 Å². The van der Waals surface area contributed by atoms with E-state index in [1.807, 2.05) is 60.4 Å². The van der Waals surface area contributed by atoms with Gasteiger partial charge in [0.2, 0.25) is 0 Å². The number of nitrogens with one attached hydrogen (secondary N) is 1. The Hall–Kier alpha value is -4.57. The average Bonchev–Trinajstić information content (AvgIpc) is 3.47. The van der Waals surface area contributed by atoms with Crippen molar-refractivity contribution in [1.29, 1.82) is 5.41 Å². The first-order chi connectivity index (χ1) is 18.4. The standard InChI is InChI=1S/C31H32N4O3/c1-22-18-23(13-14-28(22)30(36)34-15-3-4-16-34)9-7-17-35(27-12-6-10-25(20-27)29(32)33)21-24-8-5-11-26(19-24)31(37)38-2/h5-6,8,10-14,18-20H,3-4,15-17,21H2,1-2H3,(H3,32,33). The Morgan fingerprint density at radius 3 is 2.47 bits per heavy atom. The number of aryl methyl sites for hydroxylation is 1. The Balaban J connectivity index is 1.57. The molecule has 0 saturated carbocycles. The van der Waals surface area contributed by atoms with Crippen molar-refractivity contribution in [3.8, 4) is 11.8 Å². The van der Waals surface area contributed by atoms with Crippen LogP contribution in [0.5, 0.6) is 0 Å². The minimum absolute atomic E-state index is 0.00962. The molecule has 194 valence electrons. The molecule has 7 nitrogen and oxygen atoms in total. The number of carbonyl (C=O) groups excluding carboxylic acids is 2. The number of anilines is 1. The lowest BCUT2D eigenvalue weighted by Crippen LogP contribution is -2.28. The third-order valence-electron chi connectivity index (χ3n) is 6.60. The van der Waals surface area contributed by atoms with E-state index in [0.717, 1.165) is 53.9 Å². The summed E-state index contributed by atoms with van der Waals surface area (Å²) in [6.45, 7) is 4.48. The van der Waals surface area contributed by atoms with Crippen LogP contribution in [0, 0.1) is 24.2 Å².